The number of carbonyl (C=O) groups is 3. The van der Waals surface area contributed by atoms with Gasteiger partial charge in [-0.2, -0.15) is 0 Å². The van der Waals surface area contributed by atoms with E-state index < -0.39 is 6.04 Å². The third-order valence-corrected chi connectivity index (χ3v) is 8.69. The van der Waals surface area contributed by atoms with E-state index >= 15 is 0 Å². The van der Waals surface area contributed by atoms with Crippen LogP contribution in [0.4, 0.5) is 0 Å². The van der Waals surface area contributed by atoms with Gasteiger partial charge in [0.15, 0.2) is 5.01 Å². The van der Waals surface area contributed by atoms with Crippen molar-refractivity contribution < 1.29 is 19.1 Å². The van der Waals surface area contributed by atoms with Crippen molar-refractivity contribution in [3.63, 3.8) is 0 Å². The fourth-order valence-electron chi connectivity index (χ4n) is 5.27. The van der Waals surface area contributed by atoms with Gasteiger partial charge in [0.1, 0.15) is 12.4 Å². The number of rotatable bonds is 5. The molecule has 3 amide bonds. The zero-order valence-electron chi connectivity index (χ0n) is 22.2. The molecule has 0 saturated heterocycles. The minimum atomic E-state index is -0.408. The van der Waals surface area contributed by atoms with Gasteiger partial charge in [-0.1, -0.05) is 11.6 Å². The smallest absolute Gasteiger partial charge is 0.280 e. The number of thiazole rings is 1. The van der Waals surface area contributed by atoms with Crippen molar-refractivity contribution in [2.45, 2.75) is 44.3 Å². The average molecular weight is 595 g/mol. The van der Waals surface area contributed by atoms with Crippen molar-refractivity contribution in [1.82, 2.24) is 25.4 Å². The molecule has 0 spiro atoms. The molecule has 1 aromatic carbocycles. The number of fused-ring (bicyclic) bond motifs is 2. The zero-order valence-corrected chi connectivity index (χ0v) is 24.5. The SMILES string of the molecule is CN1CCc2nc(C(=O)NC3CC(C(=O)N(C)C)CCC3NC(=O)C3=Cc4ccc(Cl)cc4OC3)sc2C1.Cl. The quantitative estimate of drug-likeness (QED) is 0.552. The second kappa shape index (κ2) is 12.2. The number of hydrogen-bond donors (Lipinski definition) is 2. The van der Waals surface area contributed by atoms with Crippen LogP contribution in [-0.2, 0) is 22.6 Å². The molecule has 9 nitrogen and oxygen atoms in total. The van der Waals surface area contributed by atoms with E-state index in [1.807, 2.05) is 6.07 Å². The Morgan fingerprint density at radius 3 is 2.69 bits per heavy atom. The summed E-state index contributed by atoms with van der Waals surface area (Å²) in [5, 5.41) is 7.20. The van der Waals surface area contributed by atoms with Crippen molar-refractivity contribution >= 4 is 59.1 Å². The van der Waals surface area contributed by atoms with E-state index in [4.69, 9.17) is 16.3 Å². The van der Waals surface area contributed by atoms with E-state index in [2.05, 4.69) is 27.6 Å². The third kappa shape index (κ3) is 6.57. The van der Waals surface area contributed by atoms with Crippen molar-refractivity contribution in [3.05, 3.63) is 49.9 Å². The highest BCUT2D eigenvalue weighted by Crippen LogP contribution is 2.31. The Morgan fingerprint density at radius 2 is 1.92 bits per heavy atom. The summed E-state index contributed by atoms with van der Waals surface area (Å²) < 4.78 is 5.75. The van der Waals surface area contributed by atoms with Crippen molar-refractivity contribution in [2.24, 2.45) is 5.92 Å². The molecule has 39 heavy (non-hydrogen) atoms. The number of amides is 3. The highest BCUT2D eigenvalue weighted by Gasteiger charge is 2.37. The van der Waals surface area contributed by atoms with E-state index in [0.29, 0.717) is 40.6 Å². The van der Waals surface area contributed by atoms with Crippen LogP contribution in [-0.4, -0.2) is 78.9 Å². The first-order valence-electron chi connectivity index (χ1n) is 12.8. The summed E-state index contributed by atoms with van der Waals surface area (Å²) in [6, 6.07) is 4.56. The molecule has 3 aliphatic rings. The second-order valence-electron chi connectivity index (χ2n) is 10.4. The van der Waals surface area contributed by atoms with E-state index in [-0.39, 0.29) is 48.7 Å². The molecule has 3 unspecified atom stereocenters. The zero-order chi connectivity index (χ0) is 27.0. The van der Waals surface area contributed by atoms with Gasteiger partial charge < -0.3 is 25.2 Å². The van der Waals surface area contributed by atoms with Crippen LogP contribution in [0.25, 0.3) is 6.08 Å². The number of likely N-dealkylation sites (N-methyl/N-ethyl adjacent to an activating group) is 1. The summed E-state index contributed by atoms with van der Waals surface area (Å²) in [6.45, 7) is 1.83. The molecule has 0 bridgehead atoms. The topological polar surface area (TPSA) is 104 Å². The van der Waals surface area contributed by atoms with Gasteiger partial charge in [0.05, 0.1) is 17.3 Å². The lowest BCUT2D eigenvalue weighted by atomic mass is 9.81. The lowest BCUT2D eigenvalue weighted by Gasteiger charge is -2.37. The van der Waals surface area contributed by atoms with E-state index in [9.17, 15) is 14.4 Å². The summed E-state index contributed by atoms with van der Waals surface area (Å²) in [7, 11) is 5.53. The van der Waals surface area contributed by atoms with Crippen LogP contribution in [0.1, 0.15) is 45.2 Å². The van der Waals surface area contributed by atoms with Crippen molar-refractivity contribution in [2.75, 3.05) is 34.3 Å². The van der Waals surface area contributed by atoms with Crippen LogP contribution >= 0.6 is 35.3 Å². The molecule has 12 heteroatoms. The molecule has 1 aliphatic carbocycles. The van der Waals surface area contributed by atoms with Gasteiger partial charge in [-0.25, -0.2) is 4.98 Å². The molecule has 0 radical (unpaired) electrons. The van der Waals surface area contributed by atoms with Gasteiger partial charge in [0, 0.05) is 61.0 Å². The maximum Gasteiger partial charge on any atom is 0.280 e. The highest BCUT2D eigenvalue weighted by atomic mass is 35.5. The molecule has 1 aromatic heterocycles. The number of nitrogens with one attached hydrogen (secondary N) is 2. The first-order chi connectivity index (χ1) is 18.2. The van der Waals surface area contributed by atoms with E-state index in [0.717, 1.165) is 35.6 Å². The summed E-state index contributed by atoms with van der Waals surface area (Å²) in [4.78, 5) is 48.8. The van der Waals surface area contributed by atoms with Crippen LogP contribution < -0.4 is 15.4 Å². The fourth-order valence-corrected chi connectivity index (χ4v) is 6.53. The van der Waals surface area contributed by atoms with Gasteiger partial charge >= 0.3 is 0 Å². The van der Waals surface area contributed by atoms with Crippen LogP contribution in [0.3, 0.4) is 0 Å². The van der Waals surface area contributed by atoms with Crippen LogP contribution in [0.2, 0.25) is 5.02 Å². The van der Waals surface area contributed by atoms with Gasteiger partial charge in [0.2, 0.25) is 5.91 Å². The van der Waals surface area contributed by atoms with Gasteiger partial charge in [-0.05, 0) is 50.6 Å². The number of halogens is 2. The Hall–Kier alpha value is -2.66. The Kier molecular flexibility index (Phi) is 9.21. The molecule has 2 N–H and O–H groups in total. The number of aromatic nitrogens is 1. The monoisotopic (exact) mass is 593 g/mol. The first-order valence-corrected chi connectivity index (χ1v) is 14.0. The van der Waals surface area contributed by atoms with Gasteiger partial charge in [0.25, 0.3) is 11.8 Å². The van der Waals surface area contributed by atoms with E-state index in [1.165, 1.54) is 11.3 Å². The first kappa shape index (κ1) is 29.3. The molecule has 3 atom stereocenters. The fraction of sp³-hybridized carbons (Fsp3) is 0.481. The predicted molar refractivity (Wildman–Crippen MR) is 154 cm³/mol. The molecule has 5 rings (SSSR count). The van der Waals surface area contributed by atoms with Crippen molar-refractivity contribution in [3.8, 4) is 5.75 Å². The van der Waals surface area contributed by atoms with Crippen molar-refractivity contribution in [1.29, 1.82) is 0 Å². The molecule has 1 saturated carbocycles. The molecule has 210 valence electrons. The minimum absolute atomic E-state index is 0. The number of nitrogens with zero attached hydrogens (tertiary/aromatic N) is 3. The maximum absolute atomic E-state index is 13.3. The lowest BCUT2D eigenvalue weighted by molar-refractivity contribution is -0.134. The summed E-state index contributed by atoms with van der Waals surface area (Å²) in [5.74, 6) is -0.0737. The molecule has 2 aliphatic heterocycles. The molecule has 2 aromatic rings. The average Bonchev–Trinajstić information content (AvgIpc) is 3.32. The summed E-state index contributed by atoms with van der Waals surface area (Å²) in [6.07, 6.45) is 4.27. The maximum atomic E-state index is 13.3. The molecular weight excluding hydrogens is 561 g/mol. The molecule has 1 fully saturated rings. The van der Waals surface area contributed by atoms with E-state index in [1.54, 1.807) is 37.2 Å². The summed E-state index contributed by atoms with van der Waals surface area (Å²) in [5.41, 5.74) is 2.26. The van der Waals surface area contributed by atoms with Gasteiger partial charge in [-0.15, -0.1) is 23.7 Å². The molecule has 3 heterocycles. The number of ether oxygens (including phenoxy) is 1. The lowest BCUT2D eigenvalue weighted by Crippen LogP contribution is -2.56. The Balaban J connectivity index is 0.00000353. The number of carbonyl (C=O) groups excluding carboxylic acids is 3. The predicted octanol–water partition coefficient (Wildman–Crippen LogP) is 3.15. The van der Waals surface area contributed by atoms with Gasteiger partial charge in [-0.3, -0.25) is 14.4 Å². The minimum Gasteiger partial charge on any atom is -0.488 e. The Labute approximate surface area is 243 Å². The standard InChI is InChI=1S/C27H32ClN5O4S.ClH/c1-32(2)27(36)16-5-7-19(29-24(34)17-10-15-4-6-18(28)12-22(15)37-14-17)21(11-16)30-25(35)26-31-20-8-9-33(3)13-23(20)38-26;/h4,6,10,12,16,19,21H,5,7-9,11,13-14H2,1-3H3,(H,29,34)(H,30,35);1H. The van der Waals surface area contributed by atoms with Crippen LogP contribution in [0.5, 0.6) is 5.75 Å². The normalized spacial score (nSPS) is 22.3. The Bertz CT molecular complexity index is 1300. The Morgan fingerprint density at radius 1 is 1.15 bits per heavy atom. The number of hydrogen-bond acceptors (Lipinski definition) is 7. The molecular formula is C27H33Cl2N5O4S. The van der Waals surface area contributed by atoms with Crippen LogP contribution in [0, 0.1) is 5.92 Å². The summed E-state index contributed by atoms with van der Waals surface area (Å²) >= 11 is 7.47. The third-order valence-electron chi connectivity index (χ3n) is 7.37. The second-order valence-corrected chi connectivity index (χ2v) is 11.9. The highest BCUT2D eigenvalue weighted by molar-refractivity contribution is 7.13. The van der Waals surface area contributed by atoms with Crippen LogP contribution in [0.15, 0.2) is 23.8 Å². The number of benzene rings is 1. The largest absolute Gasteiger partial charge is 0.488 e.